The van der Waals surface area contributed by atoms with E-state index in [4.69, 9.17) is 0 Å². The van der Waals surface area contributed by atoms with Crippen molar-refractivity contribution < 1.29 is 0 Å². The van der Waals surface area contributed by atoms with Crippen molar-refractivity contribution in [2.75, 3.05) is 0 Å². The van der Waals surface area contributed by atoms with Crippen molar-refractivity contribution in [3.63, 3.8) is 0 Å². The van der Waals surface area contributed by atoms with Crippen molar-refractivity contribution in [1.82, 2.24) is 0 Å². The number of rotatable bonds is 8. The average Bonchev–Trinajstić information content (AvgIpc) is 2.79. The second-order valence-electron chi connectivity index (χ2n) is 8.92. The molecule has 3 rings (SSSR count). The minimum absolute atomic E-state index is 1.17. The van der Waals surface area contributed by atoms with Gasteiger partial charge in [0.1, 0.15) is 0 Å². The highest BCUT2D eigenvalue weighted by molar-refractivity contribution is 5.63. The van der Waals surface area contributed by atoms with Gasteiger partial charge in [0, 0.05) is 0 Å². The summed E-state index contributed by atoms with van der Waals surface area (Å²) in [5.41, 5.74) is 20.3. The van der Waals surface area contributed by atoms with Gasteiger partial charge in [-0.1, -0.05) is 55.4 Å². The van der Waals surface area contributed by atoms with E-state index in [9.17, 15) is 0 Å². The maximum absolute atomic E-state index is 2.38. The molecule has 0 heteroatoms. The molecule has 2 aromatic rings. The van der Waals surface area contributed by atoms with Crippen LogP contribution in [0.25, 0.3) is 0 Å². The van der Waals surface area contributed by atoms with Crippen LogP contribution in [0.5, 0.6) is 0 Å². The molecule has 0 N–H and O–H groups in total. The fourth-order valence-electron chi connectivity index (χ4n) is 6.81. The second kappa shape index (κ2) is 9.71. The van der Waals surface area contributed by atoms with Crippen molar-refractivity contribution >= 4 is 0 Å². The smallest absolute Gasteiger partial charge is 0.00142 e. The average molecular weight is 405 g/mol. The van der Waals surface area contributed by atoms with Crippen LogP contribution in [0.15, 0.2) is 0 Å². The summed E-state index contributed by atoms with van der Waals surface area (Å²) in [6.45, 7) is 19.0. The molecule has 0 saturated carbocycles. The third-order valence-electron chi connectivity index (χ3n) is 7.91. The molecule has 0 unspecified atom stereocenters. The van der Waals surface area contributed by atoms with Crippen molar-refractivity contribution in [2.24, 2.45) is 0 Å². The molecule has 0 saturated heterocycles. The van der Waals surface area contributed by atoms with Gasteiger partial charge in [0.25, 0.3) is 0 Å². The first kappa shape index (κ1) is 23.1. The molecule has 2 aromatic carbocycles. The summed E-state index contributed by atoms with van der Waals surface area (Å²) in [5.74, 6) is 0. The Hall–Kier alpha value is -1.56. The van der Waals surface area contributed by atoms with Crippen LogP contribution in [0.1, 0.15) is 122 Å². The third-order valence-corrected chi connectivity index (χ3v) is 7.91. The Balaban J connectivity index is 2.40. The van der Waals surface area contributed by atoms with E-state index in [1.165, 1.54) is 64.2 Å². The Kier molecular flexibility index (Phi) is 7.48. The lowest BCUT2D eigenvalue weighted by Crippen LogP contribution is -2.22. The maximum Gasteiger partial charge on any atom is -0.00142 e. The van der Waals surface area contributed by atoms with Crippen LogP contribution < -0.4 is 0 Å². The quantitative estimate of drug-likeness (QED) is 0.361. The molecule has 0 aliphatic heterocycles. The highest BCUT2D eigenvalue weighted by Gasteiger charge is 2.29. The highest BCUT2D eigenvalue weighted by atomic mass is 14.3. The summed E-state index contributed by atoms with van der Waals surface area (Å²) in [6.07, 6.45) is 11.7. The van der Waals surface area contributed by atoms with Gasteiger partial charge in [0.15, 0.2) is 0 Å². The molecule has 0 atom stereocenters. The van der Waals surface area contributed by atoms with Gasteiger partial charge in [0.05, 0.1) is 0 Å². The van der Waals surface area contributed by atoms with Crippen LogP contribution in [-0.4, -0.2) is 0 Å². The topological polar surface area (TPSA) is 0 Å². The summed E-state index contributed by atoms with van der Waals surface area (Å²) in [6, 6.07) is 0. The number of fused-ring (bicyclic) bond motifs is 2. The minimum atomic E-state index is 1.17. The van der Waals surface area contributed by atoms with Gasteiger partial charge < -0.3 is 0 Å². The third kappa shape index (κ3) is 3.45. The SMILES string of the molecule is CCc1c(CC)c(CC)c2c(c1CC)Cc1c(CC)c(CC)c(CC)c(CC)c1C2. The maximum atomic E-state index is 2.38. The normalized spacial score (nSPS) is 12.8. The number of hydrogen-bond donors (Lipinski definition) is 0. The molecule has 30 heavy (non-hydrogen) atoms. The van der Waals surface area contributed by atoms with E-state index < -0.39 is 0 Å². The highest BCUT2D eigenvalue weighted by Crippen LogP contribution is 2.42. The summed E-state index contributed by atoms with van der Waals surface area (Å²) in [5, 5.41) is 0. The molecular formula is C30H44. The van der Waals surface area contributed by atoms with Crippen LogP contribution in [0.4, 0.5) is 0 Å². The molecule has 1 aliphatic carbocycles. The van der Waals surface area contributed by atoms with Crippen molar-refractivity contribution in [2.45, 2.75) is 120 Å². The van der Waals surface area contributed by atoms with Gasteiger partial charge in [-0.05, 0) is 131 Å². The van der Waals surface area contributed by atoms with E-state index in [2.05, 4.69) is 55.4 Å². The lowest BCUT2D eigenvalue weighted by molar-refractivity contribution is 0.831. The monoisotopic (exact) mass is 404 g/mol. The fourth-order valence-corrected chi connectivity index (χ4v) is 6.81. The molecule has 0 aromatic heterocycles. The summed E-state index contributed by atoms with van der Waals surface area (Å²) >= 11 is 0. The van der Waals surface area contributed by atoms with E-state index in [-0.39, 0.29) is 0 Å². The zero-order valence-electron chi connectivity index (χ0n) is 21.1. The zero-order chi connectivity index (χ0) is 22.0. The Bertz CT molecular complexity index is 775. The molecule has 0 bridgehead atoms. The van der Waals surface area contributed by atoms with Crippen LogP contribution >= 0.6 is 0 Å². The van der Waals surface area contributed by atoms with Crippen LogP contribution in [0, 0.1) is 0 Å². The van der Waals surface area contributed by atoms with Gasteiger partial charge in [-0.2, -0.15) is 0 Å². The summed E-state index contributed by atoms with van der Waals surface area (Å²) < 4.78 is 0. The zero-order valence-corrected chi connectivity index (χ0v) is 21.1. The predicted molar refractivity (Wildman–Crippen MR) is 134 cm³/mol. The molecule has 164 valence electrons. The first-order valence-corrected chi connectivity index (χ1v) is 12.9. The standard InChI is InChI=1S/C30H44/c1-9-19-20(10-2)24(14-6)28-18-30-26(16-8)22(12-4)21(11-3)25(15-7)29(30)17-27(28)23(19)13-5/h9-18H2,1-8H3. The number of hydrogen-bond acceptors (Lipinski definition) is 0. The molecule has 0 heterocycles. The lowest BCUT2D eigenvalue weighted by atomic mass is 9.71. The molecule has 0 spiro atoms. The van der Waals surface area contributed by atoms with Crippen molar-refractivity contribution in [3.8, 4) is 0 Å². The first-order valence-electron chi connectivity index (χ1n) is 12.9. The van der Waals surface area contributed by atoms with E-state index in [0.29, 0.717) is 0 Å². The fraction of sp³-hybridized carbons (Fsp3) is 0.600. The second-order valence-corrected chi connectivity index (χ2v) is 8.92. The van der Waals surface area contributed by atoms with E-state index in [1.54, 1.807) is 66.8 Å². The van der Waals surface area contributed by atoms with Gasteiger partial charge >= 0.3 is 0 Å². The van der Waals surface area contributed by atoms with Gasteiger partial charge in [0.2, 0.25) is 0 Å². The van der Waals surface area contributed by atoms with Gasteiger partial charge in [-0.25, -0.2) is 0 Å². The van der Waals surface area contributed by atoms with Crippen LogP contribution in [0.2, 0.25) is 0 Å². The molecule has 0 radical (unpaired) electrons. The van der Waals surface area contributed by atoms with Gasteiger partial charge in [-0.3, -0.25) is 0 Å². The number of benzene rings is 2. The molecule has 0 amide bonds. The molecule has 1 aliphatic rings. The molecule has 0 nitrogen and oxygen atoms in total. The largest absolute Gasteiger partial charge is 0.0613 e. The Morgan fingerprint density at radius 3 is 0.600 bits per heavy atom. The van der Waals surface area contributed by atoms with Crippen LogP contribution in [-0.2, 0) is 64.2 Å². The lowest BCUT2D eigenvalue weighted by Gasteiger charge is -2.34. The first-order chi connectivity index (χ1) is 14.6. The summed E-state index contributed by atoms with van der Waals surface area (Å²) in [7, 11) is 0. The Labute approximate surface area is 186 Å². The summed E-state index contributed by atoms with van der Waals surface area (Å²) in [4.78, 5) is 0. The van der Waals surface area contributed by atoms with Crippen molar-refractivity contribution in [3.05, 3.63) is 66.8 Å². The minimum Gasteiger partial charge on any atom is -0.0613 e. The van der Waals surface area contributed by atoms with E-state index in [1.807, 2.05) is 0 Å². The Morgan fingerprint density at radius 1 is 0.300 bits per heavy atom. The molecular weight excluding hydrogens is 360 g/mol. The van der Waals surface area contributed by atoms with Gasteiger partial charge in [-0.15, -0.1) is 0 Å². The van der Waals surface area contributed by atoms with E-state index >= 15 is 0 Å². The predicted octanol–water partition coefficient (Wildman–Crippen LogP) is 7.68. The molecule has 0 fully saturated rings. The van der Waals surface area contributed by atoms with E-state index in [0.717, 1.165) is 0 Å². The van der Waals surface area contributed by atoms with Crippen molar-refractivity contribution in [1.29, 1.82) is 0 Å². The Morgan fingerprint density at radius 2 is 0.467 bits per heavy atom. The van der Waals surface area contributed by atoms with Crippen LogP contribution in [0.3, 0.4) is 0 Å².